The van der Waals surface area contributed by atoms with E-state index in [2.05, 4.69) is 21.8 Å². The number of piperidine rings is 1. The maximum Gasteiger partial charge on any atom is 0.271 e. The van der Waals surface area contributed by atoms with Crippen molar-refractivity contribution in [2.45, 2.75) is 32.4 Å². The predicted octanol–water partition coefficient (Wildman–Crippen LogP) is 1.48. The minimum atomic E-state index is -0.0865. The smallest absolute Gasteiger partial charge is 0.271 e. The van der Waals surface area contributed by atoms with Crippen LogP contribution >= 0.6 is 0 Å². The number of aromatic amines is 1. The Bertz CT molecular complexity index is 681. The first-order valence-corrected chi connectivity index (χ1v) is 7.63. The number of H-pyrrole nitrogens is 1. The molecule has 3 rings (SSSR count). The summed E-state index contributed by atoms with van der Waals surface area (Å²) in [5, 5.41) is 0. The summed E-state index contributed by atoms with van der Waals surface area (Å²) in [6, 6.07) is 7.92. The molecule has 2 unspecified atom stereocenters. The second kappa shape index (κ2) is 5.95. The molecule has 1 aromatic heterocycles. The average Bonchev–Trinajstić information content (AvgIpc) is 2.50. The van der Waals surface area contributed by atoms with Gasteiger partial charge in [-0.1, -0.05) is 25.5 Å². The van der Waals surface area contributed by atoms with Crippen LogP contribution < -0.4 is 11.3 Å². The molecule has 1 aromatic carbocycles. The molecule has 0 saturated carbocycles. The van der Waals surface area contributed by atoms with Crippen LogP contribution in [0.3, 0.4) is 0 Å². The molecule has 21 heavy (non-hydrogen) atoms. The molecule has 0 aliphatic carbocycles. The van der Waals surface area contributed by atoms with E-state index in [-0.39, 0.29) is 11.6 Å². The van der Waals surface area contributed by atoms with E-state index in [9.17, 15) is 4.79 Å². The lowest BCUT2D eigenvalue weighted by atomic mass is 9.91. The van der Waals surface area contributed by atoms with Crippen LogP contribution in [0.5, 0.6) is 0 Å². The van der Waals surface area contributed by atoms with E-state index in [0.29, 0.717) is 18.2 Å². The van der Waals surface area contributed by atoms with E-state index < -0.39 is 0 Å². The van der Waals surface area contributed by atoms with E-state index >= 15 is 0 Å². The third-order valence-electron chi connectivity index (χ3n) is 4.44. The Balaban J connectivity index is 1.81. The molecule has 1 saturated heterocycles. The number of para-hydroxylation sites is 2. The highest BCUT2D eigenvalue weighted by Gasteiger charge is 2.25. The van der Waals surface area contributed by atoms with Crippen molar-refractivity contribution in [3.8, 4) is 0 Å². The summed E-state index contributed by atoms with van der Waals surface area (Å²) >= 11 is 0. The van der Waals surface area contributed by atoms with E-state index in [1.54, 1.807) is 0 Å². The molecule has 5 heteroatoms. The van der Waals surface area contributed by atoms with Crippen LogP contribution in [0.15, 0.2) is 29.1 Å². The van der Waals surface area contributed by atoms with Gasteiger partial charge in [-0.2, -0.15) is 0 Å². The van der Waals surface area contributed by atoms with Crippen molar-refractivity contribution in [1.29, 1.82) is 0 Å². The van der Waals surface area contributed by atoms with Gasteiger partial charge in [0, 0.05) is 25.7 Å². The number of nitrogens with one attached hydrogen (secondary N) is 1. The largest absolute Gasteiger partial charge is 0.327 e. The molecule has 5 nitrogen and oxygen atoms in total. The lowest BCUT2D eigenvalue weighted by Gasteiger charge is -2.36. The van der Waals surface area contributed by atoms with Crippen LogP contribution in [0.25, 0.3) is 11.0 Å². The number of aromatic nitrogens is 2. The predicted molar refractivity (Wildman–Crippen MR) is 84.0 cm³/mol. The standard InChI is InChI=1S/C16H22N4O/c1-2-11-9-20(8-7-12(11)17)10-15-16(21)19-14-6-4-3-5-13(14)18-15/h3-6,11-12H,2,7-10,17H2,1H3,(H,19,21). The van der Waals surface area contributed by atoms with Gasteiger partial charge in [-0.05, 0) is 24.5 Å². The maximum atomic E-state index is 12.2. The summed E-state index contributed by atoms with van der Waals surface area (Å²) in [6.45, 7) is 4.66. The van der Waals surface area contributed by atoms with Gasteiger partial charge in [-0.25, -0.2) is 4.98 Å². The van der Waals surface area contributed by atoms with Gasteiger partial charge in [-0.3, -0.25) is 9.69 Å². The van der Waals surface area contributed by atoms with Crippen LogP contribution in [0, 0.1) is 5.92 Å². The number of fused-ring (bicyclic) bond motifs is 1. The maximum absolute atomic E-state index is 12.2. The number of rotatable bonds is 3. The van der Waals surface area contributed by atoms with E-state index in [4.69, 9.17) is 5.73 Å². The third-order valence-corrected chi connectivity index (χ3v) is 4.44. The van der Waals surface area contributed by atoms with E-state index in [1.807, 2.05) is 24.3 Å². The van der Waals surface area contributed by atoms with Crippen molar-refractivity contribution in [2.24, 2.45) is 11.7 Å². The molecule has 2 heterocycles. The fraction of sp³-hybridized carbons (Fsp3) is 0.500. The molecule has 1 aliphatic rings. The van der Waals surface area contributed by atoms with Crippen molar-refractivity contribution in [3.05, 3.63) is 40.3 Å². The van der Waals surface area contributed by atoms with E-state index in [0.717, 1.165) is 37.0 Å². The molecule has 1 fully saturated rings. The van der Waals surface area contributed by atoms with Gasteiger partial charge in [0.05, 0.1) is 11.0 Å². The highest BCUT2D eigenvalue weighted by molar-refractivity contribution is 5.73. The number of benzene rings is 1. The lowest BCUT2D eigenvalue weighted by molar-refractivity contribution is 0.143. The first kappa shape index (κ1) is 14.2. The van der Waals surface area contributed by atoms with Crippen LogP contribution in [0.4, 0.5) is 0 Å². The number of nitrogens with two attached hydrogens (primary N) is 1. The van der Waals surface area contributed by atoms with Gasteiger partial charge in [0.1, 0.15) is 5.69 Å². The summed E-state index contributed by atoms with van der Waals surface area (Å²) in [4.78, 5) is 21.9. The molecule has 2 aromatic rings. The number of hydrogen-bond donors (Lipinski definition) is 2. The molecule has 2 atom stereocenters. The summed E-state index contributed by atoms with van der Waals surface area (Å²) in [6.07, 6.45) is 2.07. The summed E-state index contributed by atoms with van der Waals surface area (Å²) < 4.78 is 0. The molecular formula is C16H22N4O. The Labute approximate surface area is 124 Å². The first-order valence-electron chi connectivity index (χ1n) is 7.63. The van der Waals surface area contributed by atoms with Gasteiger partial charge in [0.25, 0.3) is 5.56 Å². The molecule has 0 amide bonds. The fourth-order valence-electron chi connectivity index (χ4n) is 3.09. The fourth-order valence-corrected chi connectivity index (χ4v) is 3.09. The van der Waals surface area contributed by atoms with Crippen LogP contribution in [0.2, 0.25) is 0 Å². The van der Waals surface area contributed by atoms with Crippen LogP contribution in [-0.2, 0) is 6.54 Å². The molecule has 0 bridgehead atoms. The normalized spacial score (nSPS) is 23.5. The third kappa shape index (κ3) is 2.99. The monoisotopic (exact) mass is 286 g/mol. The molecule has 3 N–H and O–H groups in total. The topological polar surface area (TPSA) is 75.0 Å². The number of likely N-dealkylation sites (tertiary alicyclic amines) is 1. The van der Waals surface area contributed by atoms with Crippen molar-refractivity contribution >= 4 is 11.0 Å². The Morgan fingerprint density at radius 3 is 3.05 bits per heavy atom. The molecular weight excluding hydrogens is 264 g/mol. The molecule has 0 radical (unpaired) electrons. The van der Waals surface area contributed by atoms with Gasteiger partial charge in [0.15, 0.2) is 0 Å². The zero-order chi connectivity index (χ0) is 14.8. The molecule has 0 spiro atoms. The number of nitrogens with zero attached hydrogens (tertiary/aromatic N) is 2. The minimum absolute atomic E-state index is 0.0865. The van der Waals surface area contributed by atoms with Crippen molar-refractivity contribution in [2.75, 3.05) is 13.1 Å². The Morgan fingerprint density at radius 1 is 1.43 bits per heavy atom. The van der Waals surface area contributed by atoms with Crippen molar-refractivity contribution < 1.29 is 0 Å². The quantitative estimate of drug-likeness (QED) is 0.896. The first-order chi connectivity index (χ1) is 10.2. The Hall–Kier alpha value is -1.72. The molecule has 112 valence electrons. The van der Waals surface area contributed by atoms with Gasteiger partial charge in [-0.15, -0.1) is 0 Å². The zero-order valence-electron chi connectivity index (χ0n) is 12.4. The average molecular weight is 286 g/mol. The van der Waals surface area contributed by atoms with Crippen LogP contribution in [0.1, 0.15) is 25.5 Å². The lowest BCUT2D eigenvalue weighted by Crippen LogP contribution is -2.47. The second-order valence-corrected chi connectivity index (χ2v) is 5.89. The van der Waals surface area contributed by atoms with Gasteiger partial charge in [0.2, 0.25) is 0 Å². The Kier molecular flexibility index (Phi) is 4.03. The highest BCUT2D eigenvalue weighted by atomic mass is 16.1. The zero-order valence-corrected chi connectivity index (χ0v) is 12.4. The Morgan fingerprint density at radius 2 is 2.24 bits per heavy atom. The van der Waals surface area contributed by atoms with Gasteiger partial charge >= 0.3 is 0 Å². The van der Waals surface area contributed by atoms with Crippen LogP contribution in [-0.4, -0.2) is 34.0 Å². The summed E-state index contributed by atoms with van der Waals surface area (Å²) in [5.74, 6) is 0.512. The van der Waals surface area contributed by atoms with Gasteiger partial charge < -0.3 is 10.7 Å². The second-order valence-electron chi connectivity index (χ2n) is 5.89. The van der Waals surface area contributed by atoms with Crippen molar-refractivity contribution in [1.82, 2.24) is 14.9 Å². The number of hydrogen-bond acceptors (Lipinski definition) is 4. The highest BCUT2D eigenvalue weighted by Crippen LogP contribution is 2.19. The SMILES string of the molecule is CCC1CN(Cc2nc3ccccc3[nH]c2=O)CCC1N. The summed E-state index contributed by atoms with van der Waals surface area (Å²) in [5.41, 5.74) is 8.28. The van der Waals surface area contributed by atoms with E-state index in [1.165, 1.54) is 0 Å². The summed E-state index contributed by atoms with van der Waals surface area (Å²) in [7, 11) is 0. The molecule has 1 aliphatic heterocycles. The van der Waals surface area contributed by atoms with Crippen molar-refractivity contribution in [3.63, 3.8) is 0 Å². The minimum Gasteiger partial charge on any atom is -0.327 e.